The SMILES string of the molecule is Cn1c(=O)c2c(ncn2CC(=O)Nc2ccc(Cl)c(C(C)(F)F)c2)n(C)c1=O. The lowest BCUT2D eigenvalue weighted by Crippen LogP contribution is -2.37. The molecule has 0 unspecified atom stereocenters. The Morgan fingerprint density at radius 1 is 1.25 bits per heavy atom. The maximum absolute atomic E-state index is 13.6. The van der Waals surface area contributed by atoms with Gasteiger partial charge < -0.3 is 9.88 Å². The zero-order chi connectivity index (χ0) is 20.8. The van der Waals surface area contributed by atoms with Crippen molar-refractivity contribution >= 4 is 34.4 Å². The van der Waals surface area contributed by atoms with E-state index >= 15 is 0 Å². The van der Waals surface area contributed by atoms with Crippen LogP contribution < -0.4 is 16.6 Å². The molecule has 1 aromatic carbocycles. The third-order valence-electron chi connectivity index (χ3n) is 4.25. The number of imidazole rings is 1. The van der Waals surface area contributed by atoms with Gasteiger partial charge in [-0.05, 0) is 18.2 Å². The van der Waals surface area contributed by atoms with Crippen LogP contribution in [0.5, 0.6) is 0 Å². The summed E-state index contributed by atoms with van der Waals surface area (Å²) in [4.78, 5) is 40.7. The molecule has 0 saturated heterocycles. The maximum Gasteiger partial charge on any atom is 0.332 e. The molecule has 148 valence electrons. The van der Waals surface area contributed by atoms with Crippen LogP contribution in [0.3, 0.4) is 0 Å². The first-order chi connectivity index (χ1) is 13.0. The Bertz CT molecular complexity index is 1210. The van der Waals surface area contributed by atoms with Gasteiger partial charge in [0.05, 0.1) is 6.33 Å². The molecule has 0 spiro atoms. The van der Waals surface area contributed by atoms with Crippen LogP contribution in [0.2, 0.25) is 5.02 Å². The van der Waals surface area contributed by atoms with Gasteiger partial charge in [-0.1, -0.05) is 11.6 Å². The molecule has 0 fully saturated rings. The van der Waals surface area contributed by atoms with E-state index in [0.29, 0.717) is 6.92 Å². The number of hydrogen-bond donors (Lipinski definition) is 1. The molecule has 0 radical (unpaired) electrons. The Balaban J connectivity index is 1.91. The molecule has 2 heterocycles. The van der Waals surface area contributed by atoms with Crippen LogP contribution in [0, 0.1) is 0 Å². The number of fused-ring (bicyclic) bond motifs is 1. The summed E-state index contributed by atoms with van der Waals surface area (Å²) < 4.78 is 30.6. The summed E-state index contributed by atoms with van der Waals surface area (Å²) in [5.41, 5.74) is -1.19. The van der Waals surface area contributed by atoms with Crippen LogP contribution in [-0.2, 0) is 31.4 Å². The first-order valence-corrected chi connectivity index (χ1v) is 8.47. The number of rotatable bonds is 4. The van der Waals surface area contributed by atoms with Gasteiger partial charge in [-0.15, -0.1) is 0 Å². The minimum absolute atomic E-state index is 0.0802. The highest BCUT2D eigenvalue weighted by molar-refractivity contribution is 6.31. The Morgan fingerprint density at radius 2 is 1.93 bits per heavy atom. The van der Waals surface area contributed by atoms with Gasteiger partial charge in [-0.3, -0.25) is 18.7 Å². The van der Waals surface area contributed by atoms with Gasteiger partial charge in [0, 0.05) is 37.3 Å². The number of aryl methyl sites for hydroxylation is 1. The molecule has 0 aliphatic heterocycles. The fraction of sp³-hybridized carbons (Fsp3) is 0.294. The number of nitrogens with one attached hydrogen (secondary N) is 1. The van der Waals surface area contributed by atoms with Crippen molar-refractivity contribution in [3.63, 3.8) is 0 Å². The standard InChI is InChI=1S/C17H16ClF2N5O3/c1-17(19,20)10-6-9(4-5-11(10)18)22-12(26)7-25-8-21-14-13(25)15(27)24(3)16(28)23(14)2/h4-6,8H,7H2,1-3H3,(H,22,26). The molecule has 0 saturated carbocycles. The average Bonchev–Trinajstić information content (AvgIpc) is 3.02. The minimum atomic E-state index is -3.17. The second-order valence-electron chi connectivity index (χ2n) is 6.38. The highest BCUT2D eigenvalue weighted by Gasteiger charge is 2.27. The summed E-state index contributed by atoms with van der Waals surface area (Å²) in [6, 6.07) is 3.75. The molecule has 3 aromatic rings. The molecule has 2 aromatic heterocycles. The topological polar surface area (TPSA) is 90.9 Å². The summed E-state index contributed by atoms with van der Waals surface area (Å²) in [5.74, 6) is -3.74. The third kappa shape index (κ3) is 3.42. The van der Waals surface area contributed by atoms with Crippen LogP contribution in [0.4, 0.5) is 14.5 Å². The van der Waals surface area contributed by atoms with E-state index in [9.17, 15) is 23.2 Å². The number of benzene rings is 1. The van der Waals surface area contributed by atoms with Gasteiger partial charge in [-0.2, -0.15) is 0 Å². The maximum atomic E-state index is 13.6. The Morgan fingerprint density at radius 3 is 2.57 bits per heavy atom. The van der Waals surface area contributed by atoms with E-state index in [0.717, 1.165) is 10.6 Å². The number of halogens is 3. The van der Waals surface area contributed by atoms with Crippen molar-refractivity contribution < 1.29 is 13.6 Å². The van der Waals surface area contributed by atoms with Gasteiger partial charge in [0.1, 0.15) is 6.54 Å². The van der Waals surface area contributed by atoms with Gasteiger partial charge >= 0.3 is 5.69 Å². The van der Waals surface area contributed by atoms with Crippen molar-refractivity contribution in [1.29, 1.82) is 0 Å². The number of aromatic nitrogens is 4. The quantitative estimate of drug-likeness (QED) is 0.709. The van der Waals surface area contributed by atoms with Crippen molar-refractivity contribution in [2.75, 3.05) is 5.32 Å². The summed E-state index contributed by atoms with van der Waals surface area (Å²) >= 11 is 5.79. The molecular formula is C17H16ClF2N5O3. The van der Waals surface area contributed by atoms with E-state index in [1.165, 1.54) is 41.7 Å². The summed E-state index contributed by atoms with van der Waals surface area (Å²) in [6.07, 6.45) is 1.26. The second-order valence-corrected chi connectivity index (χ2v) is 6.79. The molecule has 0 atom stereocenters. The Labute approximate surface area is 162 Å². The molecular weight excluding hydrogens is 396 g/mol. The molecule has 3 rings (SSSR count). The van der Waals surface area contributed by atoms with Gasteiger partial charge in [-0.25, -0.2) is 18.6 Å². The lowest BCUT2D eigenvalue weighted by Gasteiger charge is -2.14. The average molecular weight is 412 g/mol. The van der Waals surface area contributed by atoms with Gasteiger partial charge in [0.25, 0.3) is 11.5 Å². The molecule has 0 aliphatic carbocycles. The van der Waals surface area contributed by atoms with E-state index in [1.54, 1.807) is 0 Å². The highest BCUT2D eigenvalue weighted by Crippen LogP contribution is 2.34. The predicted octanol–water partition coefficient (Wildman–Crippen LogP) is 1.84. The smallest absolute Gasteiger partial charge is 0.325 e. The molecule has 1 N–H and O–H groups in total. The Hall–Kier alpha value is -3.01. The van der Waals surface area contributed by atoms with Crippen molar-refractivity contribution in [3.8, 4) is 0 Å². The number of carbonyl (C=O) groups excluding carboxylic acids is 1. The molecule has 0 bridgehead atoms. The van der Waals surface area contributed by atoms with Gasteiger partial charge in [0.2, 0.25) is 5.91 Å². The Kier molecular flexibility index (Phi) is 4.84. The number of amides is 1. The molecule has 1 amide bonds. The van der Waals surface area contributed by atoms with E-state index in [4.69, 9.17) is 11.6 Å². The van der Waals surface area contributed by atoms with E-state index in [-0.39, 0.29) is 28.4 Å². The van der Waals surface area contributed by atoms with Crippen molar-refractivity contribution in [2.24, 2.45) is 14.1 Å². The molecule has 0 aliphatic rings. The largest absolute Gasteiger partial charge is 0.332 e. The van der Waals surface area contributed by atoms with E-state index in [1.807, 2.05) is 0 Å². The normalized spacial score (nSPS) is 11.8. The van der Waals surface area contributed by atoms with Crippen LogP contribution in [0.15, 0.2) is 34.1 Å². The number of anilines is 1. The first kappa shape index (κ1) is 19.7. The van der Waals surface area contributed by atoms with E-state index < -0.39 is 28.6 Å². The fourth-order valence-corrected chi connectivity index (χ4v) is 3.09. The molecule has 8 nitrogen and oxygen atoms in total. The lowest BCUT2D eigenvalue weighted by molar-refractivity contribution is -0.116. The van der Waals surface area contributed by atoms with Crippen LogP contribution in [0.1, 0.15) is 12.5 Å². The predicted molar refractivity (Wildman–Crippen MR) is 99.9 cm³/mol. The summed E-state index contributed by atoms with van der Waals surface area (Å²) in [7, 11) is 2.78. The second kappa shape index (κ2) is 6.86. The van der Waals surface area contributed by atoms with Gasteiger partial charge in [0.15, 0.2) is 11.2 Å². The van der Waals surface area contributed by atoms with Crippen LogP contribution >= 0.6 is 11.6 Å². The van der Waals surface area contributed by atoms with Crippen molar-refractivity contribution in [2.45, 2.75) is 19.4 Å². The number of nitrogens with zero attached hydrogens (tertiary/aromatic N) is 4. The zero-order valence-corrected chi connectivity index (χ0v) is 15.9. The fourth-order valence-electron chi connectivity index (χ4n) is 2.81. The van der Waals surface area contributed by atoms with Crippen molar-refractivity contribution in [3.05, 3.63) is 56.0 Å². The minimum Gasteiger partial charge on any atom is -0.325 e. The van der Waals surface area contributed by atoms with Crippen molar-refractivity contribution in [1.82, 2.24) is 18.7 Å². The number of alkyl halides is 2. The lowest BCUT2D eigenvalue weighted by atomic mass is 10.1. The molecule has 11 heteroatoms. The van der Waals surface area contributed by atoms with Crippen LogP contribution in [-0.4, -0.2) is 24.6 Å². The summed E-state index contributed by atoms with van der Waals surface area (Å²) in [6.45, 7) is 0.405. The third-order valence-corrected chi connectivity index (χ3v) is 4.58. The van der Waals surface area contributed by atoms with E-state index in [2.05, 4.69) is 10.3 Å². The highest BCUT2D eigenvalue weighted by atomic mass is 35.5. The first-order valence-electron chi connectivity index (χ1n) is 8.09. The summed E-state index contributed by atoms with van der Waals surface area (Å²) in [5, 5.41) is 2.37. The zero-order valence-electron chi connectivity index (χ0n) is 15.2. The number of carbonyl (C=O) groups is 1. The van der Waals surface area contributed by atoms with Crippen LogP contribution in [0.25, 0.3) is 11.2 Å². The number of hydrogen-bond acceptors (Lipinski definition) is 4. The molecule has 28 heavy (non-hydrogen) atoms. The monoisotopic (exact) mass is 411 g/mol.